The fraction of sp³-hybridized carbons (Fsp3) is 0.500. The van der Waals surface area contributed by atoms with Gasteiger partial charge in [-0.05, 0) is 25.5 Å². The molecule has 13 heavy (non-hydrogen) atoms. The summed E-state index contributed by atoms with van der Waals surface area (Å²) in [6, 6.07) is 1.90. The van der Waals surface area contributed by atoms with Crippen LogP contribution in [0.1, 0.15) is 17.0 Å². The van der Waals surface area contributed by atoms with Gasteiger partial charge in [0, 0.05) is 17.8 Å². The fourth-order valence-electron chi connectivity index (χ4n) is 1.27. The molecule has 74 valence electrons. The van der Waals surface area contributed by atoms with Gasteiger partial charge in [-0.1, -0.05) is 0 Å². The molecule has 0 amide bonds. The summed E-state index contributed by atoms with van der Waals surface area (Å²) in [7, 11) is -4.35. The van der Waals surface area contributed by atoms with Crippen molar-refractivity contribution < 1.29 is 12.3 Å². The maximum absolute atomic E-state index is 12.2. The second-order valence-electron chi connectivity index (χ2n) is 3.11. The lowest BCUT2D eigenvalue weighted by Gasteiger charge is -1.96. The van der Waals surface area contributed by atoms with Crippen molar-refractivity contribution in [2.75, 3.05) is 5.75 Å². The molecule has 1 aromatic heterocycles. The van der Waals surface area contributed by atoms with Gasteiger partial charge in [0.2, 0.25) is 0 Å². The number of aromatic amines is 1. The summed E-state index contributed by atoms with van der Waals surface area (Å²) < 4.78 is 32.7. The minimum atomic E-state index is -4.35. The molecule has 0 fully saturated rings. The number of hydrogen-bond acceptors (Lipinski definition) is 2. The Morgan fingerprint density at radius 2 is 2.08 bits per heavy atom. The van der Waals surface area contributed by atoms with E-state index in [1.807, 2.05) is 19.9 Å². The van der Waals surface area contributed by atoms with E-state index in [2.05, 4.69) is 4.98 Å². The van der Waals surface area contributed by atoms with Crippen LogP contribution >= 0.6 is 0 Å². The molecular formula is C8H12FNO2S. The van der Waals surface area contributed by atoms with Crippen LogP contribution in [0, 0.1) is 13.8 Å². The molecule has 1 aromatic rings. The first-order chi connectivity index (χ1) is 5.88. The van der Waals surface area contributed by atoms with Crippen molar-refractivity contribution in [3.63, 3.8) is 0 Å². The van der Waals surface area contributed by atoms with Gasteiger partial charge >= 0.3 is 10.2 Å². The van der Waals surface area contributed by atoms with Gasteiger partial charge in [0.25, 0.3) is 0 Å². The average Bonchev–Trinajstić information content (AvgIpc) is 2.24. The predicted octanol–water partition coefficient (Wildman–Crippen LogP) is 1.47. The Balaban J connectivity index is 2.70. The van der Waals surface area contributed by atoms with Gasteiger partial charge in [-0.15, -0.1) is 3.89 Å². The zero-order valence-electron chi connectivity index (χ0n) is 7.59. The molecule has 0 aliphatic heterocycles. The van der Waals surface area contributed by atoms with Gasteiger partial charge in [-0.3, -0.25) is 0 Å². The first kappa shape index (κ1) is 10.2. The molecule has 5 heteroatoms. The lowest BCUT2D eigenvalue weighted by atomic mass is 10.2. The van der Waals surface area contributed by atoms with Crippen LogP contribution in [0.15, 0.2) is 6.07 Å². The molecule has 1 heterocycles. The summed E-state index contributed by atoms with van der Waals surface area (Å²) in [5.74, 6) is -0.451. The second kappa shape index (κ2) is 3.49. The van der Waals surface area contributed by atoms with Crippen molar-refractivity contribution in [1.82, 2.24) is 4.98 Å². The van der Waals surface area contributed by atoms with E-state index in [0.29, 0.717) is 0 Å². The van der Waals surface area contributed by atoms with Crippen LogP contribution < -0.4 is 0 Å². The zero-order valence-corrected chi connectivity index (χ0v) is 8.41. The number of H-pyrrole nitrogens is 1. The lowest BCUT2D eigenvalue weighted by molar-refractivity contribution is 0.551. The van der Waals surface area contributed by atoms with Crippen LogP contribution in [0.2, 0.25) is 0 Å². The van der Waals surface area contributed by atoms with Crippen molar-refractivity contribution in [2.24, 2.45) is 0 Å². The van der Waals surface area contributed by atoms with E-state index >= 15 is 0 Å². The molecule has 0 saturated heterocycles. The first-order valence-electron chi connectivity index (χ1n) is 3.96. The topological polar surface area (TPSA) is 49.9 Å². The van der Waals surface area contributed by atoms with Gasteiger partial charge in [0.1, 0.15) is 0 Å². The van der Waals surface area contributed by atoms with Gasteiger partial charge in [0.15, 0.2) is 0 Å². The predicted molar refractivity (Wildman–Crippen MR) is 48.9 cm³/mol. The van der Waals surface area contributed by atoms with Crippen molar-refractivity contribution >= 4 is 10.2 Å². The Morgan fingerprint density at radius 1 is 1.46 bits per heavy atom. The number of hydrogen-bond donors (Lipinski definition) is 1. The standard InChI is InChI=1S/C8H12FNO2S/c1-6-5-7(2)10-8(6)3-4-13(9,11)12/h5,10H,3-4H2,1-2H3. The summed E-state index contributed by atoms with van der Waals surface area (Å²) in [5, 5.41) is 0. The van der Waals surface area contributed by atoms with Gasteiger partial charge in [-0.2, -0.15) is 8.42 Å². The summed E-state index contributed by atoms with van der Waals surface area (Å²) in [6.07, 6.45) is 0.207. The van der Waals surface area contributed by atoms with Crippen LogP contribution in [-0.4, -0.2) is 19.2 Å². The Morgan fingerprint density at radius 3 is 2.46 bits per heavy atom. The third-order valence-electron chi connectivity index (χ3n) is 1.85. The van der Waals surface area contributed by atoms with Gasteiger partial charge in [-0.25, -0.2) is 0 Å². The highest BCUT2D eigenvalue weighted by Gasteiger charge is 2.09. The van der Waals surface area contributed by atoms with E-state index in [9.17, 15) is 12.3 Å². The highest BCUT2D eigenvalue weighted by Crippen LogP contribution is 2.10. The normalized spacial score (nSPS) is 11.9. The number of halogens is 1. The summed E-state index contributed by atoms with van der Waals surface area (Å²) in [4.78, 5) is 2.99. The number of rotatable bonds is 3. The SMILES string of the molecule is Cc1cc(C)c(CCS(=O)(=O)F)[nH]1. The van der Waals surface area contributed by atoms with Crippen molar-refractivity contribution in [3.05, 3.63) is 23.0 Å². The molecule has 3 nitrogen and oxygen atoms in total. The van der Waals surface area contributed by atoms with E-state index in [4.69, 9.17) is 0 Å². The quantitative estimate of drug-likeness (QED) is 0.760. The van der Waals surface area contributed by atoms with E-state index in [-0.39, 0.29) is 6.42 Å². The Bertz CT molecular complexity index is 394. The molecule has 0 bridgehead atoms. The van der Waals surface area contributed by atoms with Crippen LogP contribution in [0.25, 0.3) is 0 Å². The monoisotopic (exact) mass is 205 g/mol. The molecule has 0 radical (unpaired) electrons. The summed E-state index contributed by atoms with van der Waals surface area (Å²) >= 11 is 0. The highest BCUT2D eigenvalue weighted by atomic mass is 32.3. The lowest BCUT2D eigenvalue weighted by Crippen LogP contribution is -2.03. The zero-order chi connectivity index (χ0) is 10.1. The molecule has 0 spiro atoms. The number of nitrogens with one attached hydrogen (secondary N) is 1. The largest absolute Gasteiger partial charge is 0.362 e. The molecule has 0 aliphatic rings. The van der Waals surface area contributed by atoms with Crippen LogP contribution in [0.3, 0.4) is 0 Å². The molecular weight excluding hydrogens is 193 g/mol. The molecule has 1 rings (SSSR count). The van der Waals surface area contributed by atoms with Crippen LogP contribution in [0.5, 0.6) is 0 Å². The minimum Gasteiger partial charge on any atom is -0.362 e. The summed E-state index contributed by atoms with van der Waals surface area (Å²) in [6.45, 7) is 3.74. The highest BCUT2D eigenvalue weighted by molar-refractivity contribution is 7.86. The first-order valence-corrected chi connectivity index (χ1v) is 5.51. The van der Waals surface area contributed by atoms with E-state index in [1.54, 1.807) is 0 Å². The number of aryl methyl sites for hydroxylation is 3. The molecule has 0 unspecified atom stereocenters. The maximum Gasteiger partial charge on any atom is 0.302 e. The maximum atomic E-state index is 12.2. The van der Waals surface area contributed by atoms with Crippen molar-refractivity contribution in [1.29, 1.82) is 0 Å². The second-order valence-corrected chi connectivity index (χ2v) is 4.59. The molecule has 1 N–H and O–H groups in total. The molecule has 0 saturated carbocycles. The van der Waals surface area contributed by atoms with Gasteiger partial charge < -0.3 is 4.98 Å². The molecule has 0 aliphatic carbocycles. The third kappa shape index (κ3) is 3.18. The summed E-state index contributed by atoms with van der Waals surface area (Å²) in [5.41, 5.74) is 2.73. The van der Waals surface area contributed by atoms with E-state index < -0.39 is 16.0 Å². The Hall–Kier alpha value is -0.840. The van der Waals surface area contributed by atoms with Crippen molar-refractivity contribution in [3.8, 4) is 0 Å². The fourth-order valence-corrected chi connectivity index (χ4v) is 1.72. The van der Waals surface area contributed by atoms with Crippen LogP contribution in [-0.2, 0) is 16.6 Å². The minimum absolute atomic E-state index is 0.207. The van der Waals surface area contributed by atoms with E-state index in [0.717, 1.165) is 17.0 Å². The molecule has 0 aromatic carbocycles. The Labute approximate surface area is 77.2 Å². The van der Waals surface area contributed by atoms with Crippen molar-refractivity contribution in [2.45, 2.75) is 20.3 Å². The van der Waals surface area contributed by atoms with Gasteiger partial charge in [0.05, 0.1) is 5.75 Å². The third-order valence-corrected chi connectivity index (χ3v) is 2.54. The number of aromatic nitrogens is 1. The van der Waals surface area contributed by atoms with Crippen LogP contribution in [0.4, 0.5) is 3.89 Å². The molecule has 0 atom stereocenters. The Kier molecular flexibility index (Phi) is 2.75. The smallest absolute Gasteiger partial charge is 0.302 e. The average molecular weight is 205 g/mol. The van der Waals surface area contributed by atoms with E-state index in [1.165, 1.54) is 0 Å².